The van der Waals surface area contributed by atoms with Crippen LogP contribution in [0, 0.1) is 0 Å². The van der Waals surface area contributed by atoms with E-state index >= 15 is 0 Å². The van der Waals surface area contributed by atoms with Gasteiger partial charge in [0.05, 0.1) is 16.9 Å². The molecular formula is C24H24N6O4S. The van der Waals surface area contributed by atoms with Crippen molar-refractivity contribution in [1.29, 1.82) is 0 Å². The van der Waals surface area contributed by atoms with Gasteiger partial charge in [-0.1, -0.05) is 0 Å². The summed E-state index contributed by atoms with van der Waals surface area (Å²) in [6.45, 7) is 6.36. The number of ether oxygens (including phenoxy) is 1. The zero-order valence-corrected chi connectivity index (χ0v) is 20.3. The minimum absolute atomic E-state index is 0.146. The second kappa shape index (κ2) is 9.16. The van der Waals surface area contributed by atoms with Gasteiger partial charge in [-0.25, -0.2) is 19.9 Å². The van der Waals surface area contributed by atoms with Gasteiger partial charge in [-0.15, -0.1) is 16.4 Å². The van der Waals surface area contributed by atoms with E-state index in [9.17, 15) is 9.59 Å². The molecule has 2 N–H and O–H groups in total. The van der Waals surface area contributed by atoms with Gasteiger partial charge in [0, 0.05) is 60.1 Å². The Hall–Kier alpha value is -3.70. The van der Waals surface area contributed by atoms with Crippen LogP contribution in [0.4, 0.5) is 5.82 Å². The molecule has 10 nitrogen and oxygen atoms in total. The SMILES string of the molecule is CC(=O)Nc1cc(-c2nc(C3CCOC(C)(C)C3)cs2)c(-c2cncc(-c3n[nH]c(=O)o3)c2)cn1. The minimum Gasteiger partial charge on any atom is -0.388 e. The molecule has 1 aliphatic heterocycles. The lowest BCUT2D eigenvalue weighted by atomic mass is 9.87. The van der Waals surface area contributed by atoms with Crippen LogP contribution in [0.3, 0.4) is 0 Å². The molecule has 0 aromatic carbocycles. The lowest BCUT2D eigenvalue weighted by Crippen LogP contribution is -2.33. The Morgan fingerprint density at radius 1 is 1.20 bits per heavy atom. The zero-order chi connectivity index (χ0) is 24.6. The van der Waals surface area contributed by atoms with Crippen LogP contribution in [0.2, 0.25) is 0 Å². The largest absolute Gasteiger partial charge is 0.434 e. The van der Waals surface area contributed by atoms with E-state index in [4.69, 9.17) is 14.1 Å². The van der Waals surface area contributed by atoms with Crippen LogP contribution >= 0.6 is 11.3 Å². The van der Waals surface area contributed by atoms with Gasteiger partial charge >= 0.3 is 5.76 Å². The molecule has 1 fully saturated rings. The van der Waals surface area contributed by atoms with Crippen molar-refractivity contribution in [2.45, 2.75) is 45.1 Å². The predicted octanol–water partition coefficient (Wildman–Crippen LogP) is 4.24. The summed E-state index contributed by atoms with van der Waals surface area (Å²) in [5.74, 6) is 0.0446. The van der Waals surface area contributed by atoms with E-state index in [0.29, 0.717) is 23.9 Å². The van der Waals surface area contributed by atoms with Crippen LogP contribution in [0.25, 0.3) is 33.2 Å². The lowest BCUT2D eigenvalue weighted by Gasteiger charge is -2.34. The third kappa shape index (κ3) is 5.05. The van der Waals surface area contributed by atoms with Gasteiger partial charge in [0.25, 0.3) is 5.89 Å². The van der Waals surface area contributed by atoms with E-state index < -0.39 is 5.76 Å². The number of nitrogens with one attached hydrogen (secondary N) is 2. The van der Waals surface area contributed by atoms with Crippen molar-refractivity contribution in [1.82, 2.24) is 25.1 Å². The molecule has 4 aromatic heterocycles. The summed E-state index contributed by atoms with van der Waals surface area (Å²) >= 11 is 1.55. The molecule has 0 aliphatic carbocycles. The molecule has 4 aromatic rings. The summed E-state index contributed by atoms with van der Waals surface area (Å²) in [5, 5.41) is 11.8. The summed E-state index contributed by atoms with van der Waals surface area (Å²) in [5.41, 5.74) is 3.74. The van der Waals surface area contributed by atoms with Gasteiger partial charge < -0.3 is 14.5 Å². The summed E-state index contributed by atoms with van der Waals surface area (Å²) in [6, 6.07) is 3.63. The highest BCUT2D eigenvalue weighted by atomic mass is 32.1. The number of carbonyl (C=O) groups excluding carboxylic acids is 1. The topological polar surface area (TPSA) is 136 Å². The van der Waals surface area contributed by atoms with Crippen molar-refractivity contribution in [2.24, 2.45) is 0 Å². The molecule has 180 valence electrons. The van der Waals surface area contributed by atoms with E-state index in [0.717, 1.165) is 40.2 Å². The number of hydrogen-bond donors (Lipinski definition) is 2. The number of aromatic nitrogens is 5. The van der Waals surface area contributed by atoms with Crippen LogP contribution in [-0.2, 0) is 9.53 Å². The second-order valence-corrected chi connectivity index (χ2v) is 9.91. The van der Waals surface area contributed by atoms with Gasteiger partial charge in [-0.2, -0.15) is 0 Å². The average molecular weight is 493 g/mol. The van der Waals surface area contributed by atoms with Crippen LogP contribution in [0.5, 0.6) is 0 Å². The minimum atomic E-state index is -0.640. The number of thiazole rings is 1. The molecule has 35 heavy (non-hydrogen) atoms. The van der Waals surface area contributed by atoms with Gasteiger partial charge in [-0.3, -0.25) is 9.78 Å². The molecule has 0 saturated carbocycles. The maximum absolute atomic E-state index is 11.7. The molecule has 0 bridgehead atoms. The molecule has 0 radical (unpaired) electrons. The lowest BCUT2D eigenvalue weighted by molar-refractivity contribution is -0.114. The summed E-state index contributed by atoms with van der Waals surface area (Å²) < 4.78 is 11.0. The smallest absolute Gasteiger partial charge is 0.388 e. The van der Waals surface area contributed by atoms with Crippen molar-refractivity contribution in [3.8, 4) is 33.2 Å². The van der Waals surface area contributed by atoms with E-state index in [1.54, 1.807) is 29.9 Å². The van der Waals surface area contributed by atoms with Crippen molar-refractivity contribution >= 4 is 23.1 Å². The average Bonchev–Trinajstić information content (AvgIpc) is 3.48. The maximum Gasteiger partial charge on any atom is 0.434 e. The second-order valence-electron chi connectivity index (χ2n) is 9.05. The number of amides is 1. The van der Waals surface area contributed by atoms with Gasteiger partial charge in [0.2, 0.25) is 5.91 Å². The van der Waals surface area contributed by atoms with Gasteiger partial charge in [0.15, 0.2) is 0 Å². The van der Waals surface area contributed by atoms with Crippen LogP contribution in [0.1, 0.15) is 45.2 Å². The Morgan fingerprint density at radius 2 is 2.03 bits per heavy atom. The molecule has 1 unspecified atom stereocenters. The molecule has 1 saturated heterocycles. The van der Waals surface area contributed by atoms with Gasteiger partial charge in [-0.05, 0) is 38.8 Å². The first-order chi connectivity index (χ1) is 16.8. The Bertz CT molecular complexity index is 1440. The first-order valence-electron chi connectivity index (χ1n) is 11.2. The number of carbonyl (C=O) groups is 1. The van der Waals surface area contributed by atoms with Crippen molar-refractivity contribution < 1.29 is 13.9 Å². The van der Waals surface area contributed by atoms with Crippen LogP contribution in [0.15, 0.2) is 45.3 Å². The third-order valence-corrected chi connectivity index (χ3v) is 6.70. The molecule has 5 heterocycles. The van der Waals surface area contributed by atoms with E-state index in [1.807, 2.05) is 12.1 Å². The number of anilines is 1. The molecule has 1 aliphatic rings. The number of pyridine rings is 2. The maximum atomic E-state index is 11.7. The van der Waals surface area contributed by atoms with Crippen molar-refractivity contribution in [2.75, 3.05) is 11.9 Å². The van der Waals surface area contributed by atoms with E-state index in [-0.39, 0.29) is 17.4 Å². The fraction of sp³-hybridized carbons (Fsp3) is 0.333. The number of rotatable bonds is 5. The molecule has 1 atom stereocenters. The number of aromatic amines is 1. The fourth-order valence-electron chi connectivity index (χ4n) is 4.25. The highest BCUT2D eigenvalue weighted by Gasteiger charge is 2.31. The molecule has 5 rings (SSSR count). The Balaban J connectivity index is 1.56. The predicted molar refractivity (Wildman–Crippen MR) is 131 cm³/mol. The summed E-state index contributed by atoms with van der Waals surface area (Å²) in [6.07, 6.45) is 6.77. The zero-order valence-electron chi connectivity index (χ0n) is 19.5. The quantitative estimate of drug-likeness (QED) is 0.422. The van der Waals surface area contributed by atoms with Gasteiger partial charge in [0.1, 0.15) is 10.8 Å². The number of hydrogen-bond acceptors (Lipinski definition) is 9. The first-order valence-corrected chi connectivity index (χ1v) is 12.0. The van der Waals surface area contributed by atoms with Crippen LogP contribution < -0.4 is 11.1 Å². The Morgan fingerprint density at radius 3 is 2.77 bits per heavy atom. The Labute approximate surface area is 204 Å². The highest BCUT2D eigenvalue weighted by molar-refractivity contribution is 7.13. The number of H-pyrrole nitrogens is 1. The van der Waals surface area contributed by atoms with E-state index in [2.05, 4.69) is 44.7 Å². The summed E-state index contributed by atoms with van der Waals surface area (Å²) in [7, 11) is 0. The molecular weight excluding hydrogens is 468 g/mol. The Kier molecular flexibility index (Phi) is 6.03. The molecule has 1 amide bonds. The van der Waals surface area contributed by atoms with Crippen LogP contribution in [-0.4, -0.2) is 43.3 Å². The number of nitrogens with zero attached hydrogens (tertiary/aromatic N) is 4. The highest BCUT2D eigenvalue weighted by Crippen LogP contribution is 2.40. The normalized spacial score (nSPS) is 17.3. The third-order valence-electron chi connectivity index (χ3n) is 5.81. The van der Waals surface area contributed by atoms with Crippen molar-refractivity contribution in [3.05, 3.63) is 52.3 Å². The fourth-order valence-corrected chi connectivity index (χ4v) is 5.18. The molecule has 0 spiro atoms. The molecule has 11 heteroatoms. The monoisotopic (exact) mass is 492 g/mol. The summed E-state index contributed by atoms with van der Waals surface area (Å²) in [4.78, 5) is 36.7. The first kappa shape index (κ1) is 23.1. The van der Waals surface area contributed by atoms with Crippen molar-refractivity contribution in [3.63, 3.8) is 0 Å². The van der Waals surface area contributed by atoms with E-state index in [1.165, 1.54) is 6.92 Å². The standard InChI is InChI=1S/C24H24N6O4S/c1-13(31)27-20-7-17(22-28-19(12-35-22)14-4-5-33-24(2,3)8-14)18(11-26-20)15-6-16(10-25-9-15)21-29-30-23(32)34-21/h6-7,9-12,14H,4-5,8H2,1-3H3,(H,30,32)(H,26,27,31).